The molecule has 0 aromatic carbocycles. The number of hydrogen-bond donors (Lipinski definition) is 1. The second kappa shape index (κ2) is 5.83. The van der Waals surface area contributed by atoms with E-state index < -0.39 is 0 Å². The molecule has 1 N–H and O–H groups in total. The number of methoxy groups -OCH3 is 1. The molecule has 5 rings (SSSR count). The minimum Gasteiger partial charge on any atom is -0.494 e. The monoisotopic (exact) mass is 347 g/mol. The van der Waals surface area contributed by atoms with Gasteiger partial charge in [0.2, 0.25) is 0 Å². The van der Waals surface area contributed by atoms with Crippen LogP contribution in [0.1, 0.15) is 23.1 Å². The summed E-state index contributed by atoms with van der Waals surface area (Å²) in [7, 11) is 1.67. The Kier molecular flexibility index (Phi) is 3.34. The normalized spacial score (nSPS) is 16.7. The summed E-state index contributed by atoms with van der Waals surface area (Å²) in [5.74, 6) is 1.60. The van der Waals surface area contributed by atoms with Gasteiger partial charge in [-0.05, 0) is 18.2 Å². The third-order valence-electron chi connectivity index (χ3n) is 4.75. The number of ether oxygens (including phenoxy) is 1. The summed E-state index contributed by atoms with van der Waals surface area (Å²) < 4.78 is 7.31. The van der Waals surface area contributed by atoms with Crippen molar-refractivity contribution in [2.75, 3.05) is 18.6 Å². The van der Waals surface area contributed by atoms with Crippen molar-refractivity contribution in [3.8, 4) is 5.75 Å². The van der Waals surface area contributed by atoms with Crippen LogP contribution in [0.5, 0.6) is 5.75 Å². The molecule has 26 heavy (non-hydrogen) atoms. The van der Waals surface area contributed by atoms with Crippen LogP contribution in [-0.4, -0.2) is 43.2 Å². The first-order chi connectivity index (χ1) is 12.8. The van der Waals surface area contributed by atoms with Gasteiger partial charge in [0.05, 0.1) is 31.0 Å². The molecule has 0 aliphatic carbocycles. The lowest BCUT2D eigenvalue weighted by Crippen LogP contribution is -2.37. The number of fused-ring (bicyclic) bond motifs is 2. The Labute approximate surface area is 149 Å². The first-order valence-electron chi connectivity index (χ1n) is 8.42. The van der Waals surface area contributed by atoms with Crippen LogP contribution in [0.2, 0.25) is 0 Å². The zero-order valence-corrected chi connectivity index (χ0v) is 14.2. The van der Waals surface area contributed by atoms with E-state index in [9.17, 15) is 0 Å². The highest BCUT2D eigenvalue weighted by Gasteiger charge is 2.34. The van der Waals surface area contributed by atoms with E-state index in [0.29, 0.717) is 0 Å². The summed E-state index contributed by atoms with van der Waals surface area (Å²) in [6.07, 6.45) is 9.70. The topological polar surface area (TPSA) is 84.2 Å². The molecular formula is C18H17N7O. The summed E-state index contributed by atoms with van der Waals surface area (Å²) in [4.78, 5) is 18.7. The van der Waals surface area contributed by atoms with Gasteiger partial charge in [-0.25, -0.2) is 14.5 Å². The Hall–Kier alpha value is -3.42. The number of anilines is 1. The Morgan fingerprint density at radius 2 is 2.23 bits per heavy atom. The number of imidazole rings is 1. The minimum absolute atomic E-state index is 0.133. The number of nitrogens with zero attached hydrogens (tertiary/aromatic N) is 6. The maximum absolute atomic E-state index is 5.48. The molecule has 0 unspecified atom stereocenters. The van der Waals surface area contributed by atoms with Crippen LogP contribution >= 0.6 is 0 Å². The standard InChI is InChI=1S/C18H17N7O/c1-26-15-3-2-7-25-14(15)9-13(23-25)18-17-12(21-11-22-17)4-8-24(18)16-10-19-5-6-20-16/h2-3,5-7,9-11,18H,4,8H2,1H3,(H,21,22)/t18-/m1/s1. The number of aromatic nitrogens is 6. The van der Waals surface area contributed by atoms with Crippen LogP contribution in [0.25, 0.3) is 5.52 Å². The second-order valence-electron chi connectivity index (χ2n) is 6.15. The minimum atomic E-state index is -0.133. The summed E-state index contributed by atoms with van der Waals surface area (Å²) in [6, 6.07) is 5.77. The molecule has 0 fully saturated rings. The van der Waals surface area contributed by atoms with Gasteiger partial charge >= 0.3 is 0 Å². The Balaban J connectivity index is 1.69. The van der Waals surface area contributed by atoms with Crippen LogP contribution in [0.3, 0.4) is 0 Å². The number of rotatable bonds is 3. The molecule has 0 saturated heterocycles. The van der Waals surface area contributed by atoms with E-state index in [1.807, 2.05) is 22.8 Å². The largest absolute Gasteiger partial charge is 0.494 e. The highest BCUT2D eigenvalue weighted by Crippen LogP contribution is 2.36. The van der Waals surface area contributed by atoms with Crippen LogP contribution in [-0.2, 0) is 6.42 Å². The Morgan fingerprint density at radius 1 is 1.27 bits per heavy atom. The Bertz CT molecular complexity index is 1060. The third-order valence-corrected chi connectivity index (χ3v) is 4.75. The van der Waals surface area contributed by atoms with E-state index in [1.54, 1.807) is 32.0 Å². The quantitative estimate of drug-likeness (QED) is 0.610. The zero-order chi connectivity index (χ0) is 17.5. The maximum atomic E-state index is 5.48. The SMILES string of the molecule is COc1cccn2nc([C@@H]3c4nc[nH]c4CCN3c3cnccn3)cc12. The van der Waals surface area contributed by atoms with Crippen LogP contribution < -0.4 is 9.64 Å². The van der Waals surface area contributed by atoms with Crippen LogP contribution in [0.4, 0.5) is 5.82 Å². The summed E-state index contributed by atoms with van der Waals surface area (Å²) >= 11 is 0. The molecule has 4 aromatic heterocycles. The highest BCUT2D eigenvalue weighted by molar-refractivity contribution is 5.62. The van der Waals surface area contributed by atoms with E-state index in [-0.39, 0.29) is 6.04 Å². The molecule has 1 aliphatic rings. The van der Waals surface area contributed by atoms with E-state index in [2.05, 4.69) is 30.9 Å². The van der Waals surface area contributed by atoms with Gasteiger partial charge in [-0.2, -0.15) is 5.10 Å². The molecule has 1 atom stereocenters. The molecule has 8 heteroatoms. The van der Waals surface area contributed by atoms with Crippen molar-refractivity contribution in [1.82, 2.24) is 29.5 Å². The maximum Gasteiger partial charge on any atom is 0.147 e. The summed E-state index contributed by atoms with van der Waals surface area (Å²) in [5.41, 5.74) is 3.93. The average molecular weight is 347 g/mol. The second-order valence-corrected chi connectivity index (χ2v) is 6.15. The fourth-order valence-electron chi connectivity index (χ4n) is 3.58. The summed E-state index contributed by atoms with van der Waals surface area (Å²) in [6.45, 7) is 0.809. The molecule has 0 amide bonds. The molecule has 8 nitrogen and oxygen atoms in total. The van der Waals surface area contributed by atoms with Crippen molar-refractivity contribution in [1.29, 1.82) is 0 Å². The van der Waals surface area contributed by atoms with E-state index in [4.69, 9.17) is 9.84 Å². The van der Waals surface area contributed by atoms with Gasteiger partial charge < -0.3 is 14.6 Å². The van der Waals surface area contributed by atoms with Gasteiger partial charge in [-0.1, -0.05) is 0 Å². The molecule has 0 spiro atoms. The van der Waals surface area contributed by atoms with Crippen molar-refractivity contribution in [3.05, 3.63) is 66.4 Å². The number of pyridine rings is 1. The molecule has 0 bridgehead atoms. The zero-order valence-electron chi connectivity index (χ0n) is 14.2. The lowest BCUT2D eigenvalue weighted by molar-refractivity contribution is 0.417. The number of nitrogens with one attached hydrogen (secondary N) is 1. The fourth-order valence-corrected chi connectivity index (χ4v) is 3.58. The van der Waals surface area contributed by atoms with Gasteiger partial charge in [-0.3, -0.25) is 4.98 Å². The lowest BCUT2D eigenvalue weighted by atomic mass is 10.00. The van der Waals surface area contributed by atoms with Crippen LogP contribution in [0, 0.1) is 0 Å². The predicted octanol–water partition coefficient (Wildman–Crippen LogP) is 2.01. The van der Waals surface area contributed by atoms with Crippen LogP contribution in [0.15, 0.2) is 49.3 Å². The van der Waals surface area contributed by atoms with Gasteiger partial charge in [-0.15, -0.1) is 0 Å². The van der Waals surface area contributed by atoms with Crippen molar-refractivity contribution in [3.63, 3.8) is 0 Å². The summed E-state index contributed by atoms with van der Waals surface area (Å²) in [5, 5.41) is 4.79. The number of hydrogen-bond acceptors (Lipinski definition) is 6. The van der Waals surface area contributed by atoms with Gasteiger partial charge in [0.25, 0.3) is 0 Å². The van der Waals surface area contributed by atoms with Gasteiger partial charge in [0, 0.05) is 37.3 Å². The first kappa shape index (κ1) is 14.9. The number of H-pyrrole nitrogens is 1. The molecule has 5 heterocycles. The molecular weight excluding hydrogens is 330 g/mol. The fraction of sp³-hybridized carbons (Fsp3) is 0.222. The third kappa shape index (κ3) is 2.22. The van der Waals surface area contributed by atoms with Crippen molar-refractivity contribution in [2.45, 2.75) is 12.5 Å². The van der Waals surface area contributed by atoms with E-state index in [0.717, 1.165) is 47.1 Å². The van der Waals surface area contributed by atoms with Gasteiger partial charge in [0.15, 0.2) is 0 Å². The van der Waals surface area contributed by atoms with E-state index >= 15 is 0 Å². The van der Waals surface area contributed by atoms with E-state index in [1.165, 1.54) is 0 Å². The average Bonchev–Trinajstić information content (AvgIpc) is 3.34. The van der Waals surface area contributed by atoms with Crippen molar-refractivity contribution < 1.29 is 4.74 Å². The first-order valence-corrected chi connectivity index (χ1v) is 8.42. The van der Waals surface area contributed by atoms with Gasteiger partial charge in [0.1, 0.15) is 23.1 Å². The van der Waals surface area contributed by atoms with Crippen molar-refractivity contribution in [2.24, 2.45) is 0 Å². The predicted molar refractivity (Wildman–Crippen MR) is 95.3 cm³/mol. The molecule has 1 aliphatic heterocycles. The van der Waals surface area contributed by atoms with Crippen molar-refractivity contribution >= 4 is 11.3 Å². The molecule has 0 radical (unpaired) electrons. The smallest absolute Gasteiger partial charge is 0.147 e. The molecule has 130 valence electrons. The number of aromatic amines is 1. The molecule has 0 saturated carbocycles. The molecule has 4 aromatic rings. The Morgan fingerprint density at radius 3 is 3.08 bits per heavy atom. The highest BCUT2D eigenvalue weighted by atomic mass is 16.5. The lowest BCUT2D eigenvalue weighted by Gasteiger charge is -2.34.